The van der Waals surface area contributed by atoms with E-state index < -0.39 is 5.79 Å². The van der Waals surface area contributed by atoms with Gasteiger partial charge in [-0.1, -0.05) is 25.3 Å². The molecule has 0 amide bonds. The van der Waals surface area contributed by atoms with Crippen LogP contribution in [0.2, 0.25) is 0 Å². The number of aromatic nitrogens is 1. The lowest BCUT2D eigenvalue weighted by atomic mass is 9.81. The molecule has 1 aliphatic rings. The standard InChI is InChI=1S/C15H23NO2/c1-2-18-15(17,13-8-4-3-5-9-13)12-14-10-6-7-11-16-14/h6-7,10-11,13,17H,2-5,8-9,12H2,1H3. The Hall–Kier alpha value is -0.930. The van der Waals surface area contributed by atoms with Gasteiger partial charge < -0.3 is 9.84 Å². The van der Waals surface area contributed by atoms with Crippen LogP contribution in [0, 0.1) is 5.92 Å². The molecule has 1 aromatic rings. The summed E-state index contributed by atoms with van der Waals surface area (Å²) in [6.45, 7) is 2.48. The Labute approximate surface area is 109 Å². The third-order valence-electron chi connectivity index (χ3n) is 3.80. The van der Waals surface area contributed by atoms with E-state index in [-0.39, 0.29) is 5.92 Å². The van der Waals surface area contributed by atoms with E-state index in [1.54, 1.807) is 6.20 Å². The number of ether oxygens (including phenoxy) is 1. The molecule has 2 rings (SSSR count). The summed E-state index contributed by atoms with van der Waals surface area (Å²) >= 11 is 0. The summed E-state index contributed by atoms with van der Waals surface area (Å²) in [5.74, 6) is -0.794. The molecular formula is C15H23NO2. The van der Waals surface area contributed by atoms with Gasteiger partial charge in [0.15, 0.2) is 5.79 Å². The SMILES string of the molecule is CCOC(O)(Cc1ccccn1)C1CCCCC1. The first-order valence-electron chi connectivity index (χ1n) is 7.01. The van der Waals surface area contributed by atoms with Crippen molar-refractivity contribution >= 4 is 0 Å². The van der Waals surface area contributed by atoms with Crippen molar-refractivity contribution in [2.45, 2.75) is 51.2 Å². The van der Waals surface area contributed by atoms with E-state index in [0.29, 0.717) is 13.0 Å². The van der Waals surface area contributed by atoms with Crippen LogP contribution in [-0.4, -0.2) is 22.5 Å². The fraction of sp³-hybridized carbons (Fsp3) is 0.667. The average molecular weight is 249 g/mol. The third-order valence-corrected chi connectivity index (χ3v) is 3.80. The van der Waals surface area contributed by atoms with Crippen LogP contribution in [0.15, 0.2) is 24.4 Å². The smallest absolute Gasteiger partial charge is 0.173 e. The van der Waals surface area contributed by atoms with Crippen molar-refractivity contribution in [1.29, 1.82) is 0 Å². The molecular weight excluding hydrogens is 226 g/mol. The second-order valence-electron chi connectivity index (χ2n) is 5.11. The highest BCUT2D eigenvalue weighted by molar-refractivity contribution is 5.06. The Morgan fingerprint density at radius 3 is 2.72 bits per heavy atom. The Kier molecular flexibility index (Phi) is 4.72. The molecule has 1 saturated carbocycles. The zero-order valence-corrected chi connectivity index (χ0v) is 11.1. The van der Waals surface area contributed by atoms with E-state index >= 15 is 0 Å². The van der Waals surface area contributed by atoms with Gasteiger partial charge in [-0.15, -0.1) is 0 Å². The van der Waals surface area contributed by atoms with Gasteiger partial charge in [-0.2, -0.15) is 0 Å². The summed E-state index contributed by atoms with van der Waals surface area (Å²) in [6, 6.07) is 5.80. The normalized spacial score (nSPS) is 20.6. The van der Waals surface area contributed by atoms with Crippen molar-refractivity contribution in [2.75, 3.05) is 6.61 Å². The predicted octanol–water partition coefficient (Wildman–Crippen LogP) is 2.93. The molecule has 18 heavy (non-hydrogen) atoms. The fourth-order valence-electron chi connectivity index (χ4n) is 2.88. The number of hydrogen-bond acceptors (Lipinski definition) is 3. The molecule has 1 unspecified atom stereocenters. The Morgan fingerprint density at radius 2 is 2.11 bits per heavy atom. The lowest BCUT2D eigenvalue weighted by Crippen LogP contribution is -2.44. The maximum Gasteiger partial charge on any atom is 0.173 e. The lowest BCUT2D eigenvalue weighted by Gasteiger charge is -2.37. The fourth-order valence-corrected chi connectivity index (χ4v) is 2.88. The number of pyridine rings is 1. The van der Waals surface area contributed by atoms with Crippen molar-refractivity contribution < 1.29 is 9.84 Å². The van der Waals surface area contributed by atoms with Crippen LogP contribution < -0.4 is 0 Å². The van der Waals surface area contributed by atoms with Crippen LogP contribution in [0.25, 0.3) is 0 Å². The Balaban J connectivity index is 2.09. The van der Waals surface area contributed by atoms with Gasteiger partial charge in [0.25, 0.3) is 0 Å². The molecule has 1 aliphatic carbocycles. The van der Waals surface area contributed by atoms with Crippen LogP contribution in [0.4, 0.5) is 0 Å². The Morgan fingerprint density at radius 1 is 1.33 bits per heavy atom. The summed E-state index contributed by atoms with van der Waals surface area (Å²) in [5.41, 5.74) is 0.902. The summed E-state index contributed by atoms with van der Waals surface area (Å²) in [6.07, 6.45) is 8.05. The zero-order valence-electron chi connectivity index (χ0n) is 11.1. The summed E-state index contributed by atoms with van der Waals surface area (Å²) in [5, 5.41) is 10.8. The first-order valence-corrected chi connectivity index (χ1v) is 7.01. The van der Waals surface area contributed by atoms with Crippen molar-refractivity contribution in [2.24, 2.45) is 5.92 Å². The Bertz CT molecular complexity index is 349. The van der Waals surface area contributed by atoms with E-state index in [2.05, 4.69) is 4.98 Å². The van der Waals surface area contributed by atoms with Gasteiger partial charge in [0.2, 0.25) is 0 Å². The molecule has 3 heteroatoms. The van der Waals surface area contributed by atoms with E-state index in [4.69, 9.17) is 4.74 Å². The van der Waals surface area contributed by atoms with Crippen LogP contribution in [-0.2, 0) is 11.2 Å². The molecule has 1 heterocycles. The second kappa shape index (κ2) is 6.30. The summed E-state index contributed by atoms with van der Waals surface area (Å²) in [7, 11) is 0. The molecule has 1 atom stereocenters. The minimum absolute atomic E-state index is 0.244. The first-order chi connectivity index (χ1) is 8.74. The monoisotopic (exact) mass is 249 g/mol. The molecule has 1 aromatic heterocycles. The first kappa shape index (κ1) is 13.5. The molecule has 1 fully saturated rings. The second-order valence-corrected chi connectivity index (χ2v) is 5.11. The number of rotatable bonds is 5. The largest absolute Gasteiger partial charge is 0.365 e. The maximum absolute atomic E-state index is 10.8. The predicted molar refractivity (Wildman–Crippen MR) is 71.1 cm³/mol. The minimum Gasteiger partial charge on any atom is -0.365 e. The molecule has 0 aliphatic heterocycles. The summed E-state index contributed by atoms with van der Waals surface area (Å²) in [4.78, 5) is 4.30. The van der Waals surface area contributed by atoms with Crippen molar-refractivity contribution in [3.8, 4) is 0 Å². The molecule has 100 valence electrons. The van der Waals surface area contributed by atoms with E-state index in [1.165, 1.54) is 19.3 Å². The molecule has 0 saturated heterocycles. The van der Waals surface area contributed by atoms with E-state index in [9.17, 15) is 5.11 Å². The van der Waals surface area contributed by atoms with Gasteiger partial charge in [-0.25, -0.2) is 0 Å². The molecule has 0 spiro atoms. The molecule has 1 N–H and O–H groups in total. The highest BCUT2D eigenvalue weighted by atomic mass is 16.6. The molecule has 0 radical (unpaired) electrons. The van der Waals surface area contributed by atoms with Crippen LogP contribution in [0.1, 0.15) is 44.7 Å². The van der Waals surface area contributed by atoms with Gasteiger partial charge in [-0.3, -0.25) is 4.98 Å². The lowest BCUT2D eigenvalue weighted by molar-refractivity contribution is -0.239. The molecule has 3 nitrogen and oxygen atoms in total. The molecule has 0 bridgehead atoms. The highest BCUT2D eigenvalue weighted by Gasteiger charge is 2.38. The average Bonchev–Trinajstić information content (AvgIpc) is 2.41. The van der Waals surface area contributed by atoms with Gasteiger partial charge in [0, 0.05) is 30.8 Å². The van der Waals surface area contributed by atoms with Crippen molar-refractivity contribution in [3.63, 3.8) is 0 Å². The van der Waals surface area contributed by atoms with Gasteiger partial charge in [0.1, 0.15) is 0 Å². The van der Waals surface area contributed by atoms with Gasteiger partial charge >= 0.3 is 0 Å². The quantitative estimate of drug-likeness (QED) is 0.816. The number of nitrogens with zero attached hydrogens (tertiary/aromatic N) is 1. The van der Waals surface area contributed by atoms with Crippen LogP contribution >= 0.6 is 0 Å². The van der Waals surface area contributed by atoms with Gasteiger partial charge in [0.05, 0.1) is 0 Å². The van der Waals surface area contributed by atoms with Crippen molar-refractivity contribution in [1.82, 2.24) is 4.98 Å². The third kappa shape index (κ3) is 3.30. The number of aliphatic hydroxyl groups is 1. The molecule has 0 aromatic carbocycles. The van der Waals surface area contributed by atoms with E-state index in [1.807, 2.05) is 25.1 Å². The van der Waals surface area contributed by atoms with Crippen LogP contribution in [0.5, 0.6) is 0 Å². The van der Waals surface area contributed by atoms with E-state index in [0.717, 1.165) is 18.5 Å². The van der Waals surface area contributed by atoms with Gasteiger partial charge in [-0.05, 0) is 31.9 Å². The topological polar surface area (TPSA) is 42.4 Å². The maximum atomic E-state index is 10.8. The summed E-state index contributed by atoms with van der Waals surface area (Å²) < 4.78 is 5.69. The van der Waals surface area contributed by atoms with Crippen LogP contribution in [0.3, 0.4) is 0 Å². The number of hydrogen-bond donors (Lipinski definition) is 1. The highest BCUT2D eigenvalue weighted by Crippen LogP contribution is 2.35. The van der Waals surface area contributed by atoms with Crippen molar-refractivity contribution in [3.05, 3.63) is 30.1 Å². The minimum atomic E-state index is -1.04. The zero-order chi connectivity index (χ0) is 12.8.